The van der Waals surface area contributed by atoms with Crippen LogP contribution < -0.4 is 4.74 Å². The van der Waals surface area contributed by atoms with Crippen LogP contribution in [0.15, 0.2) is 24.3 Å². The minimum atomic E-state index is -0.322. The van der Waals surface area contributed by atoms with Gasteiger partial charge in [-0.1, -0.05) is 22.0 Å². The lowest BCUT2D eigenvalue weighted by atomic mass is 10.2. The summed E-state index contributed by atoms with van der Waals surface area (Å²) in [6.45, 7) is 0.869. The van der Waals surface area contributed by atoms with Crippen molar-refractivity contribution in [1.29, 1.82) is 0 Å². The summed E-state index contributed by atoms with van der Waals surface area (Å²) >= 11 is 3.33. The molecule has 1 aromatic rings. The first-order valence-electron chi connectivity index (χ1n) is 6.32. The Kier molecular flexibility index (Phi) is 7.48. The summed E-state index contributed by atoms with van der Waals surface area (Å²) in [7, 11) is 1.76. The van der Waals surface area contributed by atoms with E-state index in [4.69, 9.17) is 4.74 Å². The van der Waals surface area contributed by atoms with Crippen LogP contribution in [0.25, 0.3) is 0 Å². The number of unbranched alkanes of at least 4 members (excludes halogenated alkanes) is 1. The molecule has 0 bridgehead atoms. The molecular weight excluding hydrogens is 313 g/mol. The number of hydrogen-bond acceptors (Lipinski definition) is 2. The molecule has 0 aliphatic heterocycles. The minimum Gasteiger partial charge on any atom is -0.492 e. The van der Waals surface area contributed by atoms with Crippen LogP contribution in [-0.4, -0.2) is 36.3 Å². The van der Waals surface area contributed by atoms with Crippen LogP contribution in [0.3, 0.4) is 0 Å². The van der Waals surface area contributed by atoms with E-state index in [-0.39, 0.29) is 11.7 Å². The molecule has 0 saturated heterocycles. The molecule has 0 saturated carbocycles. The second kappa shape index (κ2) is 8.91. The predicted molar refractivity (Wildman–Crippen MR) is 77.2 cm³/mol. The quantitative estimate of drug-likeness (QED) is 0.540. The standard InChI is InChI=1S/C14H19BrFNO2/c1-17(14(18)7-2-3-8-15)9-10-19-13-6-4-5-12(16)11-13/h4-6,11H,2-3,7-10H2,1H3. The summed E-state index contributed by atoms with van der Waals surface area (Å²) < 4.78 is 18.3. The molecule has 1 amide bonds. The number of rotatable bonds is 8. The number of likely N-dealkylation sites (N-methyl/N-ethyl adjacent to an activating group) is 1. The van der Waals surface area contributed by atoms with Gasteiger partial charge in [0.05, 0.1) is 6.54 Å². The largest absolute Gasteiger partial charge is 0.492 e. The maximum Gasteiger partial charge on any atom is 0.222 e. The number of nitrogens with zero attached hydrogens (tertiary/aromatic N) is 1. The predicted octanol–water partition coefficient (Wildman–Crippen LogP) is 3.23. The van der Waals surface area contributed by atoms with Gasteiger partial charge in [-0.25, -0.2) is 4.39 Å². The van der Waals surface area contributed by atoms with Gasteiger partial charge in [0.1, 0.15) is 18.2 Å². The molecule has 5 heteroatoms. The van der Waals surface area contributed by atoms with Crippen molar-refractivity contribution in [3.63, 3.8) is 0 Å². The SMILES string of the molecule is CN(CCOc1cccc(F)c1)C(=O)CCCCBr. The van der Waals surface area contributed by atoms with Gasteiger partial charge in [0.2, 0.25) is 5.91 Å². The van der Waals surface area contributed by atoms with Gasteiger partial charge in [-0.15, -0.1) is 0 Å². The molecule has 1 rings (SSSR count). The Labute approximate surface area is 121 Å². The van der Waals surface area contributed by atoms with E-state index in [2.05, 4.69) is 15.9 Å². The van der Waals surface area contributed by atoms with E-state index in [1.54, 1.807) is 24.1 Å². The monoisotopic (exact) mass is 331 g/mol. The van der Waals surface area contributed by atoms with Crippen molar-refractivity contribution >= 4 is 21.8 Å². The number of ether oxygens (including phenoxy) is 1. The van der Waals surface area contributed by atoms with Crippen molar-refractivity contribution in [3.8, 4) is 5.75 Å². The Bertz CT molecular complexity index is 401. The zero-order valence-electron chi connectivity index (χ0n) is 11.1. The maximum absolute atomic E-state index is 12.9. The van der Waals surface area contributed by atoms with Gasteiger partial charge in [0, 0.05) is 24.9 Å². The highest BCUT2D eigenvalue weighted by molar-refractivity contribution is 9.09. The van der Waals surface area contributed by atoms with Crippen LogP contribution in [0.4, 0.5) is 4.39 Å². The van der Waals surface area contributed by atoms with Crippen LogP contribution >= 0.6 is 15.9 Å². The van der Waals surface area contributed by atoms with Gasteiger partial charge in [0.25, 0.3) is 0 Å². The maximum atomic E-state index is 12.9. The van der Waals surface area contributed by atoms with Gasteiger partial charge >= 0.3 is 0 Å². The number of carbonyl (C=O) groups excluding carboxylic acids is 1. The lowest BCUT2D eigenvalue weighted by Crippen LogP contribution is -2.30. The Morgan fingerprint density at radius 3 is 2.89 bits per heavy atom. The molecule has 0 aliphatic rings. The van der Waals surface area contributed by atoms with E-state index in [1.807, 2.05) is 0 Å². The smallest absolute Gasteiger partial charge is 0.222 e. The van der Waals surface area contributed by atoms with Crippen LogP contribution in [0.5, 0.6) is 5.75 Å². The summed E-state index contributed by atoms with van der Waals surface area (Å²) in [5, 5.41) is 0.923. The summed E-state index contributed by atoms with van der Waals surface area (Å²) in [5.74, 6) is 0.278. The highest BCUT2D eigenvalue weighted by Crippen LogP contribution is 2.11. The summed E-state index contributed by atoms with van der Waals surface area (Å²) in [6.07, 6.45) is 2.45. The first-order chi connectivity index (χ1) is 9.13. The molecule has 0 fully saturated rings. The molecule has 0 N–H and O–H groups in total. The third-order valence-corrected chi connectivity index (χ3v) is 3.25. The second-order valence-corrected chi connectivity index (χ2v) is 5.06. The zero-order valence-corrected chi connectivity index (χ0v) is 12.7. The van der Waals surface area contributed by atoms with E-state index in [1.165, 1.54) is 12.1 Å². The second-order valence-electron chi connectivity index (χ2n) is 4.27. The lowest BCUT2D eigenvalue weighted by Gasteiger charge is -2.17. The normalized spacial score (nSPS) is 10.3. The molecule has 0 unspecified atom stereocenters. The molecule has 0 heterocycles. The van der Waals surface area contributed by atoms with E-state index in [0.717, 1.165) is 18.2 Å². The van der Waals surface area contributed by atoms with Crippen molar-refractivity contribution < 1.29 is 13.9 Å². The fourth-order valence-electron chi connectivity index (χ4n) is 1.54. The molecule has 0 radical (unpaired) electrons. The summed E-state index contributed by atoms with van der Waals surface area (Å²) in [4.78, 5) is 13.4. The fourth-order valence-corrected chi connectivity index (χ4v) is 1.94. The molecule has 1 aromatic carbocycles. The number of amides is 1. The van der Waals surface area contributed by atoms with Crippen molar-refractivity contribution in [3.05, 3.63) is 30.1 Å². The number of carbonyl (C=O) groups is 1. The zero-order chi connectivity index (χ0) is 14.1. The van der Waals surface area contributed by atoms with Crippen molar-refractivity contribution in [1.82, 2.24) is 4.90 Å². The van der Waals surface area contributed by atoms with Crippen LogP contribution in [0.1, 0.15) is 19.3 Å². The van der Waals surface area contributed by atoms with Gasteiger partial charge in [-0.3, -0.25) is 4.79 Å². The Hall–Kier alpha value is -1.10. The van der Waals surface area contributed by atoms with E-state index >= 15 is 0 Å². The Morgan fingerprint density at radius 2 is 2.21 bits per heavy atom. The molecule has 0 atom stereocenters. The fraction of sp³-hybridized carbons (Fsp3) is 0.500. The lowest BCUT2D eigenvalue weighted by molar-refractivity contribution is -0.130. The third kappa shape index (κ3) is 6.57. The summed E-state index contributed by atoms with van der Waals surface area (Å²) in [6, 6.07) is 5.99. The van der Waals surface area contributed by atoms with Crippen molar-refractivity contribution in [2.24, 2.45) is 0 Å². The molecule has 0 aliphatic carbocycles. The number of halogens is 2. The highest BCUT2D eigenvalue weighted by Gasteiger charge is 2.08. The van der Waals surface area contributed by atoms with E-state index in [0.29, 0.717) is 25.3 Å². The summed E-state index contributed by atoms with van der Waals surface area (Å²) in [5.41, 5.74) is 0. The Morgan fingerprint density at radius 1 is 1.42 bits per heavy atom. The van der Waals surface area contributed by atoms with E-state index < -0.39 is 0 Å². The first-order valence-corrected chi connectivity index (χ1v) is 7.44. The number of benzene rings is 1. The first kappa shape index (κ1) is 16.0. The average Bonchev–Trinajstić information content (AvgIpc) is 2.39. The topological polar surface area (TPSA) is 29.5 Å². The molecule has 0 spiro atoms. The number of alkyl halides is 1. The van der Waals surface area contributed by atoms with Gasteiger partial charge in [-0.05, 0) is 25.0 Å². The number of hydrogen-bond donors (Lipinski definition) is 0. The van der Waals surface area contributed by atoms with Gasteiger partial charge in [-0.2, -0.15) is 0 Å². The molecular formula is C14H19BrFNO2. The third-order valence-electron chi connectivity index (χ3n) is 2.69. The minimum absolute atomic E-state index is 0.115. The van der Waals surface area contributed by atoms with Gasteiger partial charge < -0.3 is 9.64 Å². The van der Waals surface area contributed by atoms with Gasteiger partial charge in [0.15, 0.2) is 0 Å². The Balaban J connectivity index is 2.23. The van der Waals surface area contributed by atoms with E-state index in [9.17, 15) is 9.18 Å². The van der Waals surface area contributed by atoms with Crippen molar-refractivity contribution in [2.75, 3.05) is 25.5 Å². The highest BCUT2D eigenvalue weighted by atomic mass is 79.9. The molecule has 3 nitrogen and oxygen atoms in total. The molecule has 106 valence electrons. The van der Waals surface area contributed by atoms with Crippen molar-refractivity contribution in [2.45, 2.75) is 19.3 Å². The molecule has 19 heavy (non-hydrogen) atoms. The average molecular weight is 332 g/mol. The molecule has 0 aromatic heterocycles. The van der Waals surface area contributed by atoms with Crippen LogP contribution in [0, 0.1) is 5.82 Å². The van der Waals surface area contributed by atoms with Crippen LogP contribution in [0.2, 0.25) is 0 Å². The van der Waals surface area contributed by atoms with Crippen LogP contribution in [-0.2, 0) is 4.79 Å².